The van der Waals surface area contributed by atoms with Crippen molar-refractivity contribution >= 4 is 39.9 Å². The Morgan fingerprint density at radius 3 is 2.24 bits per heavy atom. The largest absolute Gasteiger partial charge is 0.364 e. The number of nitrogens with zero attached hydrogens (tertiary/aromatic N) is 2. The molecule has 0 unspecified atom stereocenters. The molecule has 0 saturated carbocycles. The maximum absolute atomic E-state index is 13.9. The molecule has 1 aliphatic rings. The summed E-state index contributed by atoms with van der Waals surface area (Å²) >= 11 is 0. The Bertz CT molecular complexity index is 1370. The quantitative estimate of drug-likeness (QED) is 0.406. The number of nitrogens with one attached hydrogen (secondary N) is 2. The summed E-state index contributed by atoms with van der Waals surface area (Å²) in [6.07, 6.45) is 0. The molecule has 1 heterocycles. The highest BCUT2D eigenvalue weighted by molar-refractivity contribution is 7.92. The molecule has 0 aromatic heterocycles. The summed E-state index contributed by atoms with van der Waals surface area (Å²) in [6.45, 7) is 2.31. The second-order valence-electron chi connectivity index (χ2n) is 8.10. The molecule has 9 nitrogen and oxygen atoms in total. The lowest BCUT2D eigenvalue weighted by Gasteiger charge is -2.27. The van der Waals surface area contributed by atoms with Crippen LogP contribution >= 0.6 is 12.4 Å². The first-order valence-corrected chi connectivity index (χ1v) is 12.8. The normalized spacial score (nSPS) is 13.3. The average Bonchev–Trinajstić information content (AvgIpc) is 2.91. The maximum atomic E-state index is 13.9. The molecule has 4 rings (SSSR count). The van der Waals surface area contributed by atoms with Crippen molar-refractivity contribution in [2.45, 2.75) is 4.90 Å². The van der Waals surface area contributed by atoms with Gasteiger partial charge in [0.2, 0.25) is 5.91 Å². The van der Waals surface area contributed by atoms with Gasteiger partial charge in [0.15, 0.2) is 5.75 Å². The van der Waals surface area contributed by atoms with Crippen molar-refractivity contribution in [1.29, 1.82) is 0 Å². The number of amides is 2. The third kappa shape index (κ3) is 6.97. The Morgan fingerprint density at radius 1 is 0.947 bits per heavy atom. The third-order valence-electron chi connectivity index (χ3n) is 5.52. The molecule has 202 valence electrons. The number of sulfonamides is 1. The van der Waals surface area contributed by atoms with Gasteiger partial charge in [-0.3, -0.25) is 9.59 Å². The molecule has 0 atom stereocenters. The third-order valence-corrected chi connectivity index (χ3v) is 7.11. The van der Waals surface area contributed by atoms with Crippen molar-refractivity contribution in [3.63, 3.8) is 0 Å². The van der Waals surface area contributed by atoms with Gasteiger partial charge in [-0.25, -0.2) is 8.78 Å². The average molecular weight is 567 g/mol. The van der Waals surface area contributed by atoms with E-state index in [4.69, 9.17) is 4.84 Å². The lowest BCUT2D eigenvalue weighted by atomic mass is 10.2. The van der Waals surface area contributed by atoms with Crippen LogP contribution in [0.4, 0.5) is 14.5 Å². The molecular weight excluding hydrogens is 542 g/mol. The number of carbonyl (C=O) groups excluding carboxylic acids is 2. The van der Waals surface area contributed by atoms with Gasteiger partial charge in [-0.15, -0.1) is 12.4 Å². The first-order chi connectivity index (χ1) is 17.7. The number of rotatable bonds is 8. The molecule has 2 N–H and O–H groups in total. The highest BCUT2D eigenvalue weighted by Gasteiger charge is 2.28. The minimum absolute atomic E-state index is 0. The molecule has 38 heavy (non-hydrogen) atoms. The van der Waals surface area contributed by atoms with Gasteiger partial charge in [0, 0.05) is 37.8 Å². The van der Waals surface area contributed by atoms with Crippen LogP contribution in [-0.2, 0) is 14.8 Å². The molecule has 2 amide bonds. The number of piperazine rings is 1. The summed E-state index contributed by atoms with van der Waals surface area (Å²) in [7, 11) is -4.41. The highest BCUT2D eigenvalue weighted by atomic mass is 35.5. The van der Waals surface area contributed by atoms with E-state index in [-0.39, 0.29) is 46.8 Å². The maximum Gasteiger partial charge on any atom is 0.295 e. The fourth-order valence-corrected chi connectivity index (χ4v) is 4.83. The topological polar surface area (TPSA) is 108 Å². The van der Waals surface area contributed by atoms with Gasteiger partial charge < -0.3 is 20.4 Å². The van der Waals surface area contributed by atoms with Gasteiger partial charge in [-0.1, -0.05) is 10.5 Å². The molecule has 0 radical (unpaired) electrons. The Labute approximate surface area is 224 Å². The molecule has 3 aromatic rings. The first-order valence-electron chi connectivity index (χ1n) is 11.4. The van der Waals surface area contributed by atoms with E-state index in [9.17, 15) is 26.8 Å². The zero-order valence-corrected chi connectivity index (χ0v) is 21.6. The number of carbonyl (C=O) groups is 2. The Balaban J connectivity index is 0.00000400. The summed E-state index contributed by atoms with van der Waals surface area (Å²) < 4.78 is 54.6. The van der Waals surface area contributed by atoms with Crippen LogP contribution in [0.2, 0.25) is 0 Å². The van der Waals surface area contributed by atoms with Crippen LogP contribution in [0.5, 0.6) is 5.75 Å². The fraction of sp³-hybridized carbons (Fsp3) is 0.200. The van der Waals surface area contributed by atoms with Gasteiger partial charge in [0.05, 0.1) is 17.1 Å². The number of hydrogen-bond donors (Lipinski definition) is 2. The van der Waals surface area contributed by atoms with E-state index in [2.05, 4.69) is 10.6 Å². The predicted molar refractivity (Wildman–Crippen MR) is 139 cm³/mol. The second kappa shape index (κ2) is 12.7. The highest BCUT2D eigenvalue weighted by Crippen LogP contribution is 2.27. The molecule has 0 bridgehead atoms. The van der Waals surface area contributed by atoms with Gasteiger partial charge in [0.25, 0.3) is 15.9 Å². The number of halogens is 3. The summed E-state index contributed by atoms with van der Waals surface area (Å²) in [5.41, 5.74) is 0.0152. The van der Waals surface area contributed by atoms with Crippen LogP contribution < -0.4 is 19.9 Å². The van der Waals surface area contributed by atoms with E-state index in [0.717, 1.165) is 24.3 Å². The predicted octanol–water partition coefficient (Wildman–Crippen LogP) is 2.74. The van der Waals surface area contributed by atoms with Gasteiger partial charge in [0.1, 0.15) is 11.6 Å². The van der Waals surface area contributed by atoms with Crippen molar-refractivity contribution in [3.8, 4) is 5.75 Å². The fourth-order valence-electron chi connectivity index (χ4n) is 3.58. The lowest BCUT2D eigenvalue weighted by molar-refractivity contribution is -0.130. The van der Waals surface area contributed by atoms with Gasteiger partial charge in [-0.2, -0.15) is 8.42 Å². The second-order valence-corrected chi connectivity index (χ2v) is 9.85. The minimum Gasteiger partial charge on any atom is -0.364 e. The van der Waals surface area contributed by atoms with Gasteiger partial charge in [-0.05, 0) is 60.7 Å². The van der Waals surface area contributed by atoms with E-state index in [1.165, 1.54) is 48.5 Å². The Morgan fingerprint density at radius 2 is 1.61 bits per heavy atom. The van der Waals surface area contributed by atoms with Crippen LogP contribution in [0.3, 0.4) is 0 Å². The van der Waals surface area contributed by atoms with E-state index < -0.39 is 27.6 Å². The van der Waals surface area contributed by atoms with Crippen LogP contribution in [0.15, 0.2) is 77.7 Å². The molecule has 3 aromatic carbocycles. The minimum atomic E-state index is -4.41. The Kier molecular flexibility index (Phi) is 9.61. The molecule has 0 spiro atoms. The number of hydrogen-bond acceptors (Lipinski definition) is 6. The number of benzene rings is 3. The summed E-state index contributed by atoms with van der Waals surface area (Å²) in [5.74, 6) is -1.99. The van der Waals surface area contributed by atoms with Crippen LogP contribution in [0, 0.1) is 11.6 Å². The monoisotopic (exact) mass is 566 g/mol. The van der Waals surface area contributed by atoms with E-state index in [1.54, 1.807) is 4.90 Å². The molecule has 13 heteroatoms. The van der Waals surface area contributed by atoms with Crippen molar-refractivity contribution in [2.24, 2.45) is 0 Å². The SMILES string of the molecule is Cl.O=C(NCC(=O)N1CCNCC1)c1ccc(S(=O)(=O)N(Oc2ccc(F)cc2)c2cccc(F)c2)cc1. The molecule has 0 aliphatic carbocycles. The Hall–Kier alpha value is -3.74. The van der Waals surface area contributed by atoms with Crippen molar-refractivity contribution < 1.29 is 31.6 Å². The summed E-state index contributed by atoms with van der Waals surface area (Å²) in [6, 6.07) is 14.4. The van der Waals surface area contributed by atoms with Crippen molar-refractivity contribution in [2.75, 3.05) is 37.2 Å². The zero-order chi connectivity index (χ0) is 26.4. The van der Waals surface area contributed by atoms with E-state index >= 15 is 0 Å². The summed E-state index contributed by atoms with van der Waals surface area (Å²) in [5, 5.41) is 5.68. The first kappa shape index (κ1) is 28.8. The van der Waals surface area contributed by atoms with Crippen LogP contribution in [0.25, 0.3) is 0 Å². The van der Waals surface area contributed by atoms with Crippen molar-refractivity contribution in [3.05, 3.63) is 90.0 Å². The van der Waals surface area contributed by atoms with Crippen LogP contribution in [-0.4, -0.2) is 57.9 Å². The summed E-state index contributed by atoms with van der Waals surface area (Å²) in [4.78, 5) is 31.7. The van der Waals surface area contributed by atoms with E-state index in [1.807, 2.05) is 0 Å². The molecule has 1 saturated heterocycles. The zero-order valence-electron chi connectivity index (χ0n) is 20.0. The standard InChI is InChI=1S/C25H24F2N4O5S.ClH/c26-19-6-8-22(9-7-19)36-31(21-3-1-2-20(27)16-21)37(34,35)23-10-4-18(5-11-23)25(33)29-17-24(32)30-14-12-28-13-15-30;/h1-11,16,28H,12-15,17H2,(H,29,33);1H. The smallest absolute Gasteiger partial charge is 0.295 e. The van der Waals surface area contributed by atoms with Crippen LogP contribution in [0.1, 0.15) is 10.4 Å². The lowest BCUT2D eigenvalue weighted by Crippen LogP contribution is -2.49. The van der Waals surface area contributed by atoms with E-state index in [0.29, 0.717) is 30.6 Å². The number of anilines is 1. The molecular formula is C25H25ClF2N4O5S. The molecule has 1 aliphatic heterocycles. The van der Waals surface area contributed by atoms with Gasteiger partial charge >= 0.3 is 0 Å². The molecule has 1 fully saturated rings. The van der Waals surface area contributed by atoms with Crippen molar-refractivity contribution in [1.82, 2.24) is 15.5 Å².